The SMILES string of the molecule is CC1=NC(C)=C(C(=O)OCCCCNCC(O)COc2nsnc2N2CCOCC2)C(c2cccc([N+](=O)[O-])c2)C1C(=O)O. The highest BCUT2D eigenvalue weighted by Gasteiger charge is 2.42. The van der Waals surface area contributed by atoms with Crippen LogP contribution in [0.15, 0.2) is 40.5 Å². The lowest BCUT2D eigenvalue weighted by molar-refractivity contribution is -0.384. The van der Waals surface area contributed by atoms with Crippen molar-refractivity contribution in [2.45, 2.75) is 38.7 Å². The Morgan fingerprint density at radius 2 is 2.02 bits per heavy atom. The van der Waals surface area contributed by atoms with Crippen molar-refractivity contribution in [3.8, 4) is 5.88 Å². The molecule has 0 amide bonds. The van der Waals surface area contributed by atoms with E-state index in [9.17, 15) is 29.9 Å². The number of aliphatic hydroxyl groups excluding tert-OH is 1. The normalized spacial score (nSPS) is 19.3. The summed E-state index contributed by atoms with van der Waals surface area (Å²) in [7, 11) is 0. The van der Waals surface area contributed by atoms with Crippen LogP contribution in [0.1, 0.15) is 38.2 Å². The van der Waals surface area contributed by atoms with Gasteiger partial charge in [-0.25, -0.2) is 4.79 Å². The van der Waals surface area contributed by atoms with E-state index in [4.69, 9.17) is 14.2 Å². The molecule has 0 radical (unpaired) electrons. The number of carboxylic acid groups (broad SMARTS) is 1. The topological polar surface area (TPSA) is 199 Å². The smallest absolute Gasteiger partial charge is 0.336 e. The van der Waals surface area contributed by atoms with Gasteiger partial charge in [0.1, 0.15) is 18.6 Å². The molecule has 1 aromatic carbocycles. The van der Waals surface area contributed by atoms with Gasteiger partial charge in [0.05, 0.1) is 42.0 Å². The Morgan fingerprint density at radius 1 is 1.25 bits per heavy atom. The number of aliphatic carboxylic acids is 1. The number of ether oxygens (including phenoxy) is 3. The van der Waals surface area contributed by atoms with Crippen LogP contribution in [0.5, 0.6) is 5.88 Å². The number of carbonyl (C=O) groups is 2. The Kier molecular flexibility index (Phi) is 11.7. The molecule has 0 saturated carbocycles. The number of aliphatic imine (C=N–C) groups is 1. The van der Waals surface area contributed by atoms with Crippen LogP contribution in [0.25, 0.3) is 0 Å². The molecule has 3 atom stereocenters. The molecular weight excluding hydrogens is 596 g/mol. The zero-order chi connectivity index (χ0) is 31.6. The Balaban J connectivity index is 1.23. The zero-order valence-electron chi connectivity index (χ0n) is 24.5. The second-order valence-electron chi connectivity index (χ2n) is 10.4. The number of nitro benzene ring substituents is 1. The van der Waals surface area contributed by atoms with E-state index >= 15 is 0 Å². The summed E-state index contributed by atoms with van der Waals surface area (Å²) in [5.74, 6) is -3.03. The lowest BCUT2D eigenvalue weighted by Crippen LogP contribution is -2.37. The molecule has 1 fully saturated rings. The summed E-state index contributed by atoms with van der Waals surface area (Å²) in [5.41, 5.74) is 0.783. The van der Waals surface area contributed by atoms with Gasteiger partial charge < -0.3 is 34.6 Å². The molecular formula is C28H36N6O9S. The van der Waals surface area contributed by atoms with Crippen molar-refractivity contribution in [1.82, 2.24) is 14.1 Å². The second kappa shape index (κ2) is 15.7. The summed E-state index contributed by atoms with van der Waals surface area (Å²) >= 11 is 1.05. The molecule has 3 heterocycles. The number of nitrogens with one attached hydrogen (secondary N) is 1. The Hall–Kier alpha value is -3.99. The van der Waals surface area contributed by atoms with Gasteiger partial charge in [0.25, 0.3) is 11.6 Å². The van der Waals surface area contributed by atoms with Crippen molar-refractivity contribution < 1.29 is 38.9 Å². The molecule has 15 nitrogen and oxygen atoms in total. The lowest BCUT2D eigenvalue weighted by atomic mass is 9.75. The number of rotatable bonds is 15. The number of non-ortho nitro benzene ring substituents is 1. The summed E-state index contributed by atoms with van der Waals surface area (Å²) in [6, 6.07) is 5.61. The third kappa shape index (κ3) is 8.34. The molecule has 44 heavy (non-hydrogen) atoms. The van der Waals surface area contributed by atoms with Gasteiger partial charge in [-0.1, -0.05) is 12.1 Å². The van der Waals surface area contributed by atoms with Crippen LogP contribution in [-0.2, 0) is 19.1 Å². The number of hydrogen-bond donors (Lipinski definition) is 3. The van der Waals surface area contributed by atoms with E-state index in [1.807, 2.05) is 4.90 Å². The summed E-state index contributed by atoms with van der Waals surface area (Å²) in [6.45, 7) is 6.74. The van der Waals surface area contributed by atoms with Crippen molar-refractivity contribution in [2.24, 2.45) is 10.9 Å². The zero-order valence-corrected chi connectivity index (χ0v) is 25.3. The van der Waals surface area contributed by atoms with E-state index in [1.54, 1.807) is 19.9 Å². The predicted molar refractivity (Wildman–Crippen MR) is 160 cm³/mol. The molecule has 2 aliphatic heterocycles. The quantitative estimate of drug-likeness (QED) is 0.112. The van der Waals surface area contributed by atoms with Crippen LogP contribution < -0.4 is 15.0 Å². The maximum atomic E-state index is 13.2. The first-order chi connectivity index (χ1) is 21.2. The maximum absolute atomic E-state index is 13.2. The number of benzene rings is 1. The number of allylic oxidation sites excluding steroid dienone is 1. The van der Waals surface area contributed by atoms with E-state index in [-0.39, 0.29) is 31.0 Å². The van der Waals surface area contributed by atoms with Crippen molar-refractivity contribution in [3.63, 3.8) is 0 Å². The lowest BCUT2D eigenvalue weighted by Gasteiger charge is -2.30. The number of morpholine rings is 1. The summed E-state index contributed by atoms with van der Waals surface area (Å²) in [5, 5.41) is 34.8. The fraction of sp³-hybridized carbons (Fsp3) is 0.536. The third-order valence-corrected chi connectivity index (χ3v) is 7.78. The average molecular weight is 633 g/mol. The number of anilines is 1. The molecule has 0 bridgehead atoms. The second-order valence-corrected chi connectivity index (χ2v) is 10.9. The summed E-state index contributed by atoms with van der Waals surface area (Å²) in [4.78, 5) is 42.5. The Morgan fingerprint density at radius 3 is 2.75 bits per heavy atom. The van der Waals surface area contributed by atoms with Crippen molar-refractivity contribution in [1.29, 1.82) is 0 Å². The van der Waals surface area contributed by atoms with E-state index in [2.05, 4.69) is 19.1 Å². The maximum Gasteiger partial charge on any atom is 0.336 e. The first-order valence-corrected chi connectivity index (χ1v) is 15.0. The molecule has 0 spiro atoms. The number of carbonyl (C=O) groups excluding carboxylic acids is 1. The number of nitrogens with zero attached hydrogens (tertiary/aromatic N) is 5. The molecule has 238 valence electrons. The van der Waals surface area contributed by atoms with Crippen LogP contribution in [-0.4, -0.2) is 100 Å². The monoisotopic (exact) mass is 632 g/mol. The minimum atomic E-state index is -1.19. The fourth-order valence-electron chi connectivity index (χ4n) is 5.15. The van der Waals surface area contributed by atoms with Gasteiger partial charge in [-0.3, -0.25) is 19.9 Å². The van der Waals surface area contributed by atoms with Crippen molar-refractivity contribution >= 4 is 40.9 Å². The molecule has 2 aromatic rings. The highest BCUT2D eigenvalue weighted by molar-refractivity contribution is 6.99. The Bertz CT molecular complexity index is 1390. The minimum Gasteiger partial charge on any atom is -0.481 e. The molecule has 0 aliphatic carbocycles. The van der Waals surface area contributed by atoms with Crippen molar-refractivity contribution in [3.05, 3.63) is 51.2 Å². The van der Waals surface area contributed by atoms with Gasteiger partial charge in [-0.2, -0.15) is 4.37 Å². The number of aliphatic hydroxyl groups is 1. The number of esters is 1. The van der Waals surface area contributed by atoms with E-state index in [1.165, 1.54) is 18.2 Å². The van der Waals surface area contributed by atoms with Crippen LogP contribution in [0.2, 0.25) is 0 Å². The highest BCUT2D eigenvalue weighted by atomic mass is 32.1. The molecule has 1 saturated heterocycles. The van der Waals surface area contributed by atoms with Gasteiger partial charge in [-0.05, 0) is 38.8 Å². The Labute approximate surface area is 258 Å². The van der Waals surface area contributed by atoms with Crippen molar-refractivity contribution in [2.75, 3.05) is 57.5 Å². The number of unbranched alkanes of at least 4 members (excludes halogenated alkanes) is 1. The van der Waals surface area contributed by atoms with E-state index < -0.39 is 34.8 Å². The molecule has 3 unspecified atom stereocenters. The van der Waals surface area contributed by atoms with Gasteiger partial charge in [0.2, 0.25) is 5.82 Å². The molecule has 16 heteroatoms. The third-order valence-electron chi connectivity index (χ3n) is 7.28. The van der Waals surface area contributed by atoms with Crippen LogP contribution in [0.4, 0.5) is 11.5 Å². The summed E-state index contributed by atoms with van der Waals surface area (Å²) in [6.07, 6.45) is 0.376. The number of carboxylic acids is 1. The summed E-state index contributed by atoms with van der Waals surface area (Å²) < 4.78 is 25.0. The number of hydrogen-bond acceptors (Lipinski definition) is 14. The molecule has 1 aromatic heterocycles. The minimum absolute atomic E-state index is 0.0485. The molecule has 3 N–H and O–H groups in total. The first kappa shape index (κ1) is 32.9. The molecule has 4 rings (SSSR count). The predicted octanol–water partition coefficient (Wildman–Crippen LogP) is 2.17. The van der Waals surface area contributed by atoms with Crippen LogP contribution >= 0.6 is 11.7 Å². The first-order valence-electron chi connectivity index (χ1n) is 14.2. The number of nitro groups is 1. The van der Waals surface area contributed by atoms with Gasteiger partial charge in [-0.15, -0.1) is 4.37 Å². The van der Waals surface area contributed by atoms with Crippen LogP contribution in [0, 0.1) is 16.0 Å². The highest BCUT2D eigenvalue weighted by Crippen LogP contribution is 2.40. The van der Waals surface area contributed by atoms with Crippen LogP contribution in [0.3, 0.4) is 0 Å². The fourth-order valence-corrected chi connectivity index (χ4v) is 5.67. The molecule has 2 aliphatic rings. The standard InChI is InChI=1S/C28H36N6O9S/c1-17-22(27(36)37)24(19-6-5-7-20(14-19)34(39)40)23(18(2)30-17)28(38)42-11-4-3-8-29-15-21(35)16-43-26-25(31-44-32-26)33-9-12-41-13-10-33/h5-7,14,21-22,24,29,35H,3-4,8-13,15-16H2,1-2H3,(H,36,37). The van der Waals surface area contributed by atoms with Gasteiger partial charge in [0, 0.05) is 49.1 Å². The van der Waals surface area contributed by atoms with E-state index in [0.29, 0.717) is 74.4 Å². The number of aromatic nitrogens is 2. The largest absolute Gasteiger partial charge is 0.481 e. The van der Waals surface area contributed by atoms with Gasteiger partial charge >= 0.3 is 11.9 Å². The average Bonchev–Trinajstić information content (AvgIpc) is 3.48. The van der Waals surface area contributed by atoms with E-state index in [0.717, 1.165) is 11.7 Å². The van der Waals surface area contributed by atoms with Gasteiger partial charge in [0.15, 0.2) is 0 Å².